The average molecular weight is 575 g/mol. The van der Waals surface area contributed by atoms with Crippen molar-refractivity contribution in [2.75, 3.05) is 13.2 Å². The Labute approximate surface area is 243 Å². The minimum atomic E-state index is -1.43. The van der Waals surface area contributed by atoms with E-state index in [1.165, 1.54) is 10.6 Å². The lowest BCUT2D eigenvalue weighted by atomic mass is 9.91. The van der Waals surface area contributed by atoms with Gasteiger partial charge in [0.25, 0.3) is 5.91 Å². The molecule has 0 saturated carbocycles. The maximum Gasteiger partial charge on any atom is 0.337 e. The molecule has 2 aromatic carbocycles. The fraction of sp³-hybridized carbons (Fsp3) is 0.375. The van der Waals surface area contributed by atoms with E-state index in [0.29, 0.717) is 48.6 Å². The molecule has 0 bridgehead atoms. The zero-order valence-electron chi connectivity index (χ0n) is 24.5. The van der Waals surface area contributed by atoms with Crippen LogP contribution in [0.5, 0.6) is 5.75 Å². The molecule has 4 aromatic rings. The number of amides is 1. The molecule has 2 aromatic heterocycles. The number of benzene rings is 2. The van der Waals surface area contributed by atoms with Gasteiger partial charge >= 0.3 is 5.97 Å². The first kappa shape index (κ1) is 29.2. The number of carbonyl (C=O) groups is 2. The highest BCUT2D eigenvalue weighted by atomic mass is 19.1. The van der Waals surface area contributed by atoms with Crippen molar-refractivity contribution >= 4 is 17.5 Å². The zero-order valence-corrected chi connectivity index (χ0v) is 24.5. The number of carboxylic acid groups (broad SMARTS) is 1. The smallest absolute Gasteiger partial charge is 0.337 e. The molecule has 3 heterocycles. The summed E-state index contributed by atoms with van der Waals surface area (Å²) in [6.07, 6.45) is 0.559. The van der Waals surface area contributed by atoms with E-state index in [9.17, 15) is 14.7 Å². The van der Waals surface area contributed by atoms with Gasteiger partial charge in [-0.15, -0.1) is 0 Å². The lowest BCUT2D eigenvalue weighted by molar-refractivity contribution is -0.160. The van der Waals surface area contributed by atoms with Crippen molar-refractivity contribution in [3.63, 3.8) is 0 Å². The summed E-state index contributed by atoms with van der Waals surface area (Å²) in [5, 5.41) is 17.8. The summed E-state index contributed by atoms with van der Waals surface area (Å²) >= 11 is 0. The second-order valence-corrected chi connectivity index (χ2v) is 11.5. The van der Waals surface area contributed by atoms with Crippen molar-refractivity contribution in [2.24, 2.45) is 0 Å². The minimum absolute atomic E-state index is 0.108. The number of rotatable bonds is 8. The van der Waals surface area contributed by atoms with Crippen LogP contribution in [-0.2, 0) is 22.4 Å². The van der Waals surface area contributed by atoms with Gasteiger partial charge < -0.3 is 19.9 Å². The third-order valence-corrected chi connectivity index (χ3v) is 7.25. The van der Waals surface area contributed by atoms with E-state index >= 15 is 4.39 Å². The SMILES string of the molecule is Cc1nc2cc(C(=O)NCCc3ccccc3)nn2c(-c2cc(F)c3c(c2C)CCCO3)c1C(OC(C)(C)C)C(=O)O. The van der Waals surface area contributed by atoms with Crippen molar-refractivity contribution < 1.29 is 28.6 Å². The van der Waals surface area contributed by atoms with E-state index in [1.807, 2.05) is 37.3 Å². The van der Waals surface area contributed by atoms with Gasteiger partial charge in [0.05, 0.1) is 17.9 Å². The van der Waals surface area contributed by atoms with Gasteiger partial charge in [-0.3, -0.25) is 4.79 Å². The van der Waals surface area contributed by atoms with Gasteiger partial charge in [0.1, 0.15) is 0 Å². The first-order valence-electron chi connectivity index (χ1n) is 14.0. The van der Waals surface area contributed by atoms with Gasteiger partial charge in [-0.2, -0.15) is 5.10 Å². The van der Waals surface area contributed by atoms with Gasteiger partial charge in [-0.05, 0) is 71.1 Å². The van der Waals surface area contributed by atoms with Crippen molar-refractivity contribution in [1.82, 2.24) is 19.9 Å². The number of hydrogen-bond acceptors (Lipinski definition) is 6. The lowest BCUT2D eigenvalue weighted by Crippen LogP contribution is -2.29. The molecular weight excluding hydrogens is 539 g/mol. The molecule has 10 heteroatoms. The van der Waals surface area contributed by atoms with Crippen LogP contribution in [0.2, 0.25) is 0 Å². The number of aliphatic carboxylic acids is 1. The largest absolute Gasteiger partial charge is 0.490 e. The van der Waals surface area contributed by atoms with E-state index in [0.717, 1.165) is 23.1 Å². The molecule has 1 aliphatic rings. The quantitative estimate of drug-likeness (QED) is 0.290. The molecule has 0 aliphatic carbocycles. The highest BCUT2D eigenvalue weighted by Crippen LogP contribution is 2.41. The van der Waals surface area contributed by atoms with Crippen LogP contribution in [0.3, 0.4) is 0 Å². The number of halogens is 1. The van der Waals surface area contributed by atoms with Crippen molar-refractivity contribution in [2.45, 2.75) is 65.6 Å². The molecule has 0 radical (unpaired) electrons. The minimum Gasteiger partial charge on any atom is -0.490 e. The zero-order chi connectivity index (χ0) is 30.2. The van der Waals surface area contributed by atoms with E-state index < -0.39 is 29.4 Å². The van der Waals surface area contributed by atoms with Crippen molar-refractivity contribution in [1.29, 1.82) is 0 Å². The Balaban J connectivity index is 1.66. The molecule has 1 atom stereocenters. The molecule has 1 amide bonds. The fourth-order valence-electron chi connectivity index (χ4n) is 5.36. The maximum absolute atomic E-state index is 15.5. The first-order chi connectivity index (χ1) is 19.9. The van der Waals surface area contributed by atoms with E-state index in [2.05, 4.69) is 15.4 Å². The third kappa shape index (κ3) is 5.85. The van der Waals surface area contributed by atoms with Crippen molar-refractivity contribution in [3.8, 4) is 17.0 Å². The Bertz CT molecular complexity index is 1660. The first-order valence-corrected chi connectivity index (χ1v) is 14.0. The summed E-state index contributed by atoms with van der Waals surface area (Å²) in [4.78, 5) is 30.4. The second kappa shape index (κ2) is 11.5. The van der Waals surface area contributed by atoms with Crippen LogP contribution in [0.25, 0.3) is 16.9 Å². The van der Waals surface area contributed by atoms with Gasteiger partial charge in [0, 0.05) is 35.0 Å². The number of nitrogens with zero attached hydrogens (tertiary/aromatic N) is 3. The molecule has 1 aliphatic heterocycles. The predicted octanol–water partition coefficient (Wildman–Crippen LogP) is 5.39. The molecule has 2 N–H and O–H groups in total. The van der Waals surface area contributed by atoms with Crippen LogP contribution >= 0.6 is 0 Å². The number of aryl methyl sites for hydroxylation is 1. The Morgan fingerprint density at radius 2 is 1.93 bits per heavy atom. The molecule has 9 nitrogen and oxygen atoms in total. The summed E-state index contributed by atoms with van der Waals surface area (Å²) in [5.74, 6) is -1.95. The van der Waals surface area contributed by atoms with E-state index in [4.69, 9.17) is 9.47 Å². The third-order valence-electron chi connectivity index (χ3n) is 7.25. The summed E-state index contributed by atoms with van der Waals surface area (Å²) in [5.41, 5.74) is 3.52. The molecule has 0 saturated heterocycles. The lowest BCUT2D eigenvalue weighted by Gasteiger charge is -2.28. The maximum atomic E-state index is 15.5. The van der Waals surface area contributed by atoms with E-state index in [-0.39, 0.29) is 17.0 Å². The number of fused-ring (bicyclic) bond motifs is 2. The monoisotopic (exact) mass is 574 g/mol. The van der Waals surface area contributed by atoms with Crippen LogP contribution in [0.4, 0.5) is 4.39 Å². The summed E-state index contributed by atoms with van der Waals surface area (Å²) in [6, 6.07) is 12.7. The van der Waals surface area contributed by atoms with Gasteiger partial charge in [0.15, 0.2) is 29.0 Å². The van der Waals surface area contributed by atoms with Crippen LogP contribution in [0.15, 0.2) is 42.5 Å². The number of nitrogens with one attached hydrogen (secondary N) is 1. The topological polar surface area (TPSA) is 115 Å². The Morgan fingerprint density at radius 1 is 1.19 bits per heavy atom. The van der Waals surface area contributed by atoms with Gasteiger partial charge in [0.2, 0.25) is 0 Å². The van der Waals surface area contributed by atoms with Gasteiger partial charge in [-0.1, -0.05) is 30.3 Å². The number of carbonyl (C=O) groups excluding carboxylic acids is 1. The molecule has 42 heavy (non-hydrogen) atoms. The van der Waals surface area contributed by atoms with Crippen LogP contribution in [-0.4, -0.2) is 50.3 Å². The highest BCUT2D eigenvalue weighted by molar-refractivity contribution is 5.93. The second-order valence-electron chi connectivity index (χ2n) is 11.5. The molecule has 5 rings (SSSR count). The van der Waals surface area contributed by atoms with Crippen LogP contribution < -0.4 is 10.1 Å². The normalized spacial score (nSPS) is 13.9. The number of hydrogen-bond donors (Lipinski definition) is 2. The highest BCUT2D eigenvalue weighted by Gasteiger charge is 2.34. The molecular formula is C32H35FN4O5. The van der Waals surface area contributed by atoms with Crippen LogP contribution in [0, 0.1) is 19.7 Å². The fourth-order valence-corrected chi connectivity index (χ4v) is 5.36. The number of aromatic nitrogens is 3. The summed E-state index contributed by atoms with van der Waals surface area (Å²) < 4.78 is 28.6. The predicted molar refractivity (Wildman–Crippen MR) is 155 cm³/mol. The Kier molecular flexibility index (Phi) is 8.01. The molecule has 220 valence electrons. The molecule has 0 spiro atoms. The summed E-state index contributed by atoms with van der Waals surface area (Å²) in [7, 11) is 0. The average Bonchev–Trinajstić information content (AvgIpc) is 3.37. The number of carboxylic acids is 1. The summed E-state index contributed by atoms with van der Waals surface area (Å²) in [6.45, 7) is 9.64. The van der Waals surface area contributed by atoms with E-state index in [1.54, 1.807) is 33.8 Å². The van der Waals surface area contributed by atoms with Crippen LogP contribution in [0.1, 0.15) is 71.7 Å². The Hall–Kier alpha value is -4.31. The van der Waals surface area contributed by atoms with Crippen molar-refractivity contribution in [3.05, 3.63) is 81.9 Å². The van der Waals surface area contributed by atoms with Gasteiger partial charge in [-0.25, -0.2) is 18.7 Å². The molecule has 1 unspecified atom stereocenters. The standard InChI is InChI=1S/C32H35FN4O5/c1-18-21-12-9-15-41-28(21)23(33)16-22(18)27-26(29(31(39)40)42-32(3,4)5)19(2)35-25-17-24(36-37(25)27)30(38)34-14-13-20-10-7-6-8-11-20/h6-8,10-11,16-17,29H,9,12-15H2,1-5H3,(H,34,38)(H,39,40). The molecule has 0 fully saturated rings. The number of ether oxygens (including phenoxy) is 2. The Morgan fingerprint density at radius 3 is 2.62 bits per heavy atom.